The number of nitrogens with one attached hydrogen (secondary N) is 1. The molecule has 0 bridgehead atoms. The molecule has 0 aliphatic heterocycles. The van der Waals surface area contributed by atoms with E-state index in [1.54, 1.807) is 6.07 Å². The Morgan fingerprint density at radius 1 is 1.50 bits per heavy atom. The lowest BCUT2D eigenvalue weighted by atomic mass is 10.1. The fraction of sp³-hybridized carbons (Fsp3) is 0.364. The van der Waals surface area contributed by atoms with Gasteiger partial charge in [-0.25, -0.2) is 0 Å². The Morgan fingerprint density at radius 3 is 2.67 bits per heavy atom. The number of phenols is 1. The Bertz CT molecular complexity index is 448. The summed E-state index contributed by atoms with van der Waals surface area (Å²) in [5.41, 5.74) is -0.0316. The Kier molecular flexibility index (Phi) is 4.83. The van der Waals surface area contributed by atoms with Crippen LogP contribution < -0.4 is 5.32 Å². The highest BCUT2D eigenvalue weighted by Crippen LogP contribution is 2.23. The van der Waals surface area contributed by atoms with Crippen molar-refractivity contribution in [1.82, 2.24) is 5.32 Å². The number of alkyl halides is 3. The number of rotatable bonds is 3. The standard InChI is InChI=1S/C11H11F3INO2/c1-6(5-11(12,13)14)16-10(18)8-4-7(15)2-3-9(8)17/h2-4,6,17H,5H2,1H3,(H,16,18). The topological polar surface area (TPSA) is 49.3 Å². The third kappa shape index (κ3) is 4.71. The molecule has 0 radical (unpaired) electrons. The Morgan fingerprint density at radius 2 is 2.11 bits per heavy atom. The quantitative estimate of drug-likeness (QED) is 0.801. The molecule has 0 aliphatic carbocycles. The van der Waals surface area contributed by atoms with E-state index in [0.29, 0.717) is 3.57 Å². The summed E-state index contributed by atoms with van der Waals surface area (Å²) >= 11 is 1.94. The number of carbonyl (C=O) groups excluding carboxylic acids is 1. The largest absolute Gasteiger partial charge is 0.507 e. The van der Waals surface area contributed by atoms with Gasteiger partial charge < -0.3 is 10.4 Å². The first-order valence-electron chi connectivity index (χ1n) is 5.05. The van der Waals surface area contributed by atoms with Crippen molar-refractivity contribution in [3.8, 4) is 5.75 Å². The van der Waals surface area contributed by atoms with Crippen molar-refractivity contribution in [2.45, 2.75) is 25.6 Å². The Hall–Kier alpha value is -0.990. The van der Waals surface area contributed by atoms with E-state index in [1.165, 1.54) is 19.1 Å². The SMILES string of the molecule is CC(CC(F)(F)F)NC(=O)c1cc(I)ccc1O. The van der Waals surface area contributed by atoms with Crippen molar-refractivity contribution in [3.05, 3.63) is 27.3 Å². The predicted octanol–water partition coefficient (Wildman–Crippen LogP) is 3.07. The van der Waals surface area contributed by atoms with Gasteiger partial charge in [0.1, 0.15) is 5.75 Å². The number of phenolic OH excluding ortho intramolecular Hbond substituents is 1. The van der Waals surface area contributed by atoms with Crippen molar-refractivity contribution >= 4 is 28.5 Å². The fourth-order valence-corrected chi connectivity index (χ4v) is 1.88. The van der Waals surface area contributed by atoms with Gasteiger partial charge in [0, 0.05) is 9.61 Å². The zero-order chi connectivity index (χ0) is 13.9. The maximum Gasteiger partial charge on any atom is 0.391 e. The predicted molar refractivity (Wildman–Crippen MR) is 68.4 cm³/mol. The van der Waals surface area contributed by atoms with E-state index >= 15 is 0 Å². The zero-order valence-electron chi connectivity index (χ0n) is 9.38. The van der Waals surface area contributed by atoms with Crippen LogP contribution in [0.5, 0.6) is 5.75 Å². The first-order valence-corrected chi connectivity index (χ1v) is 6.13. The minimum absolute atomic E-state index is 0.0316. The summed E-state index contributed by atoms with van der Waals surface area (Å²) in [6.45, 7) is 1.26. The molecule has 0 spiro atoms. The van der Waals surface area contributed by atoms with E-state index in [0.717, 1.165) is 0 Å². The zero-order valence-corrected chi connectivity index (χ0v) is 11.5. The molecule has 1 rings (SSSR count). The molecule has 0 fully saturated rings. The van der Waals surface area contributed by atoms with Crippen molar-refractivity contribution < 1.29 is 23.1 Å². The molecule has 1 atom stereocenters. The molecule has 0 aliphatic rings. The number of aromatic hydroxyl groups is 1. The van der Waals surface area contributed by atoms with E-state index in [2.05, 4.69) is 5.32 Å². The summed E-state index contributed by atoms with van der Waals surface area (Å²) in [5.74, 6) is -0.977. The van der Waals surface area contributed by atoms with Crippen LogP contribution in [0, 0.1) is 3.57 Å². The van der Waals surface area contributed by atoms with Crippen LogP contribution in [-0.2, 0) is 0 Å². The molecule has 3 nitrogen and oxygen atoms in total. The molecule has 0 heterocycles. The van der Waals surface area contributed by atoms with Crippen LogP contribution in [0.2, 0.25) is 0 Å². The Balaban J connectivity index is 2.74. The summed E-state index contributed by atoms with van der Waals surface area (Å²) < 4.78 is 37.0. The summed E-state index contributed by atoms with van der Waals surface area (Å²) in [4.78, 5) is 11.7. The van der Waals surface area contributed by atoms with E-state index in [9.17, 15) is 23.1 Å². The lowest BCUT2D eigenvalue weighted by molar-refractivity contribution is -0.138. The number of hydrogen-bond acceptors (Lipinski definition) is 2. The lowest BCUT2D eigenvalue weighted by Gasteiger charge is -2.16. The average molecular weight is 373 g/mol. The maximum absolute atomic E-state index is 12.1. The first-order chi connectivity index (χ1) is 8.19. The summed E-state index contributed by atoms with van der Waals surface area (Å²) in [5, 5.41) is 11.7. The van der Waals surface area contributed by atoms with Gasteiger partial charge in [0.05, 0.1) is 12.0 Å². The minimum Gasteiger partial charge on any atom is -0.507 e. The van der Waals surface area contributed by atoms with Crippen LogP contribution in [0.25, 0.3) is 0 Å². The molecular weight excluding hydrogens is 362 g/mol. The number of amides is 1. The molecule has 1 amide bonds. The van der Waals surface area contributed by atoms with Crippen LogP contribution >= 0.6 is 22.6 Å². The van der Waals surface area contributed by atoms with Gasteiger partial charge in [0.15, 0.2) is 0 Å². The average Bonchev–Trinajstić information content (AvgIpc) is 2.18. The molecule has 18 heavy (non-hydrogen) atoms. The third-order valence-electron chi connectivity index (χ3n) is 2.12. The lowest BCUT2D eigenvalue weighted by Crippen LogP contribution is -2.36. The highest BCUT2D eigenvalue weighted by molar-refractivity contribution is 14.1. The van der Waals surface area contributed by atoms with Gasteiger partial charge in [-0.15, -0.1) is 0 Å². The minimum atomic E-state index is -4.33. The van der Waals surface area contributed by atoms with E-state index < -0.39 is 24.5 Å². The molecule has 1 aromatic rings. The number of benzene rings is 1. The number of hydrogen-bond donors (Lipinski definition) is 2. The molecule has 1 unspecified atom stereocenters. The van der Waals surface area contributed by atoms with Gasteiger partial charge in [-0.3, -0.25) is 4.79 Å². The van der Waals surface area contributed by atoms with Crippen molar-refractivity contribution in [3.63, 3.8) is 0 Å². The van der Waals surface area contributed by atoms with Crippen LogP contribution in [0.3, 0.4) is 0 Å². The fourth-order valence-electron chi connectivity index (χ4n) is 1.39. The van der Waals surface area contributed by atoms with Crippen LogP contribution in [-0.4, -0.2) is 23.2 Å². The van der Waals surface area contributed by atoms with Gasteiger partial charge in [-0.1, -0.05) is 0 Å². The van der Waals surface area contributed by atoms with Gasteiger partial charge in [-0.2, -0.15) is 13.2 Å². The smallest absolute Gasteiger partial charge is 0.391 e. The van der Waals surface area contributed by atoms with Gasteiger partial charge in [-0.05, 0) is 47.7 Å². The first kappa shape index (κ1) is 15.1. The van der Waals surface area contributed by atoms with Crippen LogP contribution in [0.15, 0.2) is 18.2 Å². The number of halogens is 4. The molecular formula is C11H11F3INO2. The molecule has 2 N–H and O–H groups in total. The molecule has 1 aromatic carbocycles. The normalized spacial score (nSPS) is 13.2. The third-order valence-corrected chi connectivity index (χ3v) is 2.79. The highest BCUT2D eigenvalue weighted by Gasteiger charge is 2.30. The van der Waals surface area contributed by atoms with E-state index in [1.807, 2.05) is 22.6 Å². The molecule has 100 valence electrons. The molecule has 0 saturated heterocycles. The van der Waals surface area contributed by atoms with Crippen molar-refractivity contribution in [2.75, 3.05) is 0 Å². The Labute approximate surface area is 116 Å². The molecule has 7 heteroatoms. The van der Waals surface area contributed by atoms with Crippen LogP contribution in [0.1, 0.15) is 23.7 Å². The second kappa shape index (κ2) is 5.77. The van der Waals surface area contributed by atoms with Gasteiger partial charge in [0.25, 0.3) is 5.91 Å². The van der Waals surface area contributed by atoms with E-state index in [-0.39, 0.29) is 11.3 Å². The van der Waals surface area contributed by atoms with E-state index in [4.69, 9.17) is 0 Å². The summed E-state index contributed by atoms with van der Waals surface area (Å²) in [6.07, 6.45) is -5.44. The van der Waals surface area contributed by atoms with Crippen molar-refractivity contribution in [2.24, 2.45) is 0 Å². The van der Waals surface area contributed by atoms with Crippen molar-refractivity contribution in [1.29, 1.82) is 0 Å². The highest BCUT2D eigenvalue weighted by atomic mass is 127. The molecule has 0 aromatic heterocycles. The summed E-state index contributed by atoms with van der Waals surface area (Å²) in [7, 11) is 0. The van der Waals surface area contributed by atoms with Crippen LogP contribution in [0.4, 0.5) is 13.2 Å². The summed E-state index contributed by atoms with van der Waals surface area (Å²) in [6, 6.07) is 3.28. The second-order valence-electron chi connectivity index (χ2n) is 3.86. The number of carbonyl (C=O) groups is 1. The maximum atomic E-state index is 12.1. The monoisotopic (exact) mass is 373 g/mol. The second-order valence-corrected chi connectivity index (χ2v) is 5.10. The van der Waals surface area contributed by atoms with Gasteiger partial charge in [0.2, 0.25) is 0 Å². The molecule has 0 saturated carbocycles. The van der Waals surface area contributed by atoms with Gasteiger partial charge >= 0.3 is 6.18 Å².